The van der Waals surface area contributed by atoms with Crippen molar-refractivity contribution < 1.29 is 9.13 Å². The Morgan fingerprint density at radius 3 is 3.14 bits per heavy atom. The lowest BCUT2D eigenvalue weighted by Gasteiger charge is -2.35. The fourth-order valence-corrected chi connectivity index (χ4v) is 3.31. The second-order valence-electron chi connectivity index (χ2n) is 5.75. The van der Waals surface area contributed by atoms with Gasteiger partial charge in [-0.25, -0.2) is 4.39 Å². The summed E-state index contributed by atoms with van der Waals surface area (Å²) in [5, 5.41) is 12.5. The van der Waals surface area contributed by atoms with Crippen molar-refractivity contribution in [1.82, 2.24) is 10.2 Å². The van der Waals surface area contributed by atoms with Gasteiger partial charge in [0.25, 0.3) is 0 Å². The summed E-state index contributed by atoms with van der Waals surface area (Å²) in [7, 11) is 0. The predicted octanol–water partition coefficient (Wildman–Crippen LogP) is 1.74. The molecule has 4 nitrogen and oxygen atoms in total. The minimum atomic E-state index is -0.451. The molecule has 1 aromatic rings. The Kier molecular flexibility index (Phi) is 4.20. The molecule has 5 heteroatoms. The van der Waals surface area contributed by atoms with Crippen molar-refractivity contribution in [3.8, 4) is 6.07 Å². The first-order valence-corrected chi connectivity index (χ1v) is 7.46. The minimum absolute atomic E-state index is 0.0826. The van der Waals surface area contributed by atoms with Crippen molar-refractivity contribution in [3.63, 3.8) is 0 Å². The first-order valence-electron chi connectivity index (χ1n) is 7.46. The van der Waals surface area contributed by atoms with Crippen molar-refractivity contribution in [2.45, 2.75) is 25.5 Å². The van der Waals surface area contributed by atoms with Crippen molar-refractivity contribution in [2.75, 3.05) is 32.8 Å². The summed E-state index contributed by atoms with van der Waals surface area (Å²) in [6, 6.07) is 5.62. The molecule has 1 unspecified atom stereocenters. The molecule has 0 aromatic heterocycles. The molecule has 1 N–H and O–H groups in total. The number of rotatable bonds is 1. The van der Waals surface area contributed by atoms with E-state index >= 15 is 0 Å². The van der Waals surface area contributed by atoms with Crippen LogP contribution >= 0.6 is 0 Å². The third kappa shape index (κ3) is 2.80. The third-order valence-corrected chi connectivity index (χ3v) is 4.56. The largest absolute Gasteiger partial charge is 0.372 e. The van der Waals surface area contributed by atoms with Gasteiger partial charge < -0.3 is 10.1 Å². The van der Waals surface area contributed by atoms with E-state index in [-0.39, 0.29) is 11.7 Å². The molecular weight excluding hydrogens is 269 g/mol. The Morgan fingerprint density at radius 1 is 1.48 bits per heavy atom. The van der Waals surface area contributed by atoms with Gasteiger partial charge in [-0.15, -0.1) is 0 Å². The Bertz CT molecular complexity index is 569. The van der Waals surface area contributed by atoms with Gasteiger partial charge in [0, 0.05) is 38.8 Å². The predicted molar refractivity (Wildman–Crippen MR) is 77.4 cm³/mol. The fraction of sp³-hybridized carbons (Fsp3) is 0.562. The molecule has 2 atom stereocenters. The van der Waals surface area contributed by atoms with Gasteiger partial charge in [-0.3, -0.25) is 4.90 Å². The molecule has 2 heterocycles. The van der Waals surface area contributed by atoms with E-state index in [1.165, 1.54) is 6.07 Å². The summed E-state index contributed by atoms with van der Waals surface area (Å²) in [4.78, 5) is 2.45. The van der Waals surface area contributed by atoms with Crippen molar-refractivity contribution in [1.29, 1.82) is 5.26 Å². The van der Waals surface area contributed by atoms with E-state index in [4.69, 9.17) is 10.00 Å². The topological polar surface area (TPSA) is 48.3 Å². The minimum Gasteiger partial charge on any atom is -0.372 e. The average molecular weight is 289 g/mol. The molecule has 112 valence electrons. The summed E-state index contributed by atoms with van der Waals surface area (Å²) in [5.41, 5.74) is 1.78. The number of hydrogen-bond acceptors (Lipinski definition) is 4. The summed E-state index contributed by atoms with van der Waals surface area (Å²) >= 11 is 0. The normalized spacial score (nSPS) is 26.7. The van der Waals surface area contributed by atoms with E-state index in [0.29, 0.717) is 18.2 Å². The molecule has 2 aliphatic rings. The van der Waals surface area contributed by atoms with E-state index in [9.17, 15) is 4.39 Å². The zero-order valence-electron chi connectivity index (χ0n) is 12.2. The van der Waals surface area contributed by atoms with Crippen LogP contribution in [0.5, 0.6) is 0 Å². The first-order chi connectivity index (χ1) is 10.2. The Balaban J connectivity index is 1.88. The monoisotopic (exact) mass is 289 g/mol. The van der Waals surface area contributed by atoms with Crippen molar-refractivity contribution >= 4 is 0 Å². The average Bonchev–Trinajstić information content (AvgIpc) is 2.70. The standard InChI is InChI=1S/C16H20FN3O/c1-11-13(2-3-15(17)14(11)8-18)16-10-20-6-5-19-9-12(20)4-7-21-16/h2-3,12,16,19H,4-7,9-10H2,1H3/t12-,16?/m0/s1. The zero-order valence-corrected chi connectivity index (χ0v) is 12.2. The summed E-state index contributed by atoms with van der Waals surface area (Å²) in [5.74, 6) is -0.451. The van der Waals surface area contributed by atoms with Crippen LogP contribution in [0.1, 0.15) is 29.2 Å². The summed E-state index contributed by atoms with van der Waals surface area (Å²) in [6.07, 6.45) is 0.926. The number of piperazine rings is 1. The molecule has 0 amide bonds. The molecule has 3 rings (SSSR count). The number of hydrogen-bond donors (Lipinski definition) is 1. The molecule has 2 saturated heterocycles. The highest BCUT2D eigenvalue weighted by molar-refractivity contribution is 5.44. The van der Waals surface area contributed by atoms with Crippen LogP contribution in [0.15, 0.2) is 12.1 Å². The lowest BCUT2D eigenvalue weighted by Crippen LogP contribution is -2.51. The smallest absolute Gasteiger partial charge is 0.141 e. The number of nitriles is 1. The van der Waals surface area contributed by atoms with Crippen LogP contribution in [0.2, 0.25) is 0 Å². The van der Waals surface area contributed by atoms with Crippen LogP contribution in [0.3, 0.4) is 0 Å². The number of halogens is 1. The van der Waals surface area contributed by atoms with Crippen LogP contribution in [0, 0.1) is 24.1 Å². The quantitative estimate of drug-likeness (QED) is 0.855. The molecule has 2 aliphatic heterocycles. The molecule has 21 heavy (non-hydrogen) atoms. The van der Waals surface area contributed by atoms with Gasteiger partial charge in [-0.2, -0.15) is 5.26 Å². The molecule has 0 spiro atoms. The highest BCUT2D eigenvalue weighted by Crippen LogP contribution is 2.29. The Hall–Kier alpha value is -1.48. The van der Waals surface area contributed by atoms with E-state index in [1.54, 1.807) is 13.0 Å². The number of nitrogens with zero attached hydrogens (tertiary/aromatic N) is 2. The van der Waals surface area contributed by atoms with Gasteiger partial charge >= 0.3 is 0 Å². The van der Waals surface area contributed by atoms with Crippen LogP contribution < -0.4 is 5.32 Å². The second kappa shape index (κ2) is 6.10. The fourth-order valence-electron chi connectivity index (χ4n) is 3.31. The first kappa shape index (κ1) is 14.5. The van der Waals surface area contributed by atoms with E-state index in [0.717, 1.165) is 38.2 Å². The number of ether oxygens (including phenoxy) is 1. The van der Waals surface area contributed by atoms with Crippen molar-refractivity contribution in [2.24, 2.45) is 0 Å². The number of fused-ring (bicyclic) bond motifs is 1. The summed E-state index contributed by atoms with van der Waals surface area (Å²) in [6.45, 7) is 6.32. The van der Waals surface area contributed by atoms with Crippen LogP contribution in [0.4, 0.5) is 4.39 Å². The Labute approximate surface area is 124 Å². The van der Waals surface area contributed by atoms with E-state index in [2.05, 4.69) is 10.2 Å². The van der Waals surface area contributed by atoms with E-state index < -0.39 is 5.82 Å². The van der Waals surface area contributed by atoms with Gasteiger partial charge in [-0.05, 0) is 30.5 Å². The molecule has 1 aromatic carbocycles. The van der Waals surface area contributed by atoms with Crippen molar-refractivity contribution in [3.05, 3.63) is 34.6 Å². The third-order valence-electron chi connectivity index (χ3n) is 4.56. The van der Waals surface area contributed by atoms with Crippen LogP contribution in [-0.2, 0) is 4.74 Å². The van der Waals surface area contributed by atoms with Crippen LogP contribution in [-0.4, -0.2) is 43.7 Å². The molecular formula is C16H20FN3O. The van der Waals surface area contributed by atoms with Gasteiger partial charge in [0.05, 0.1) is 11.7 Å². The van der Waals surface area contributed by atoms with Gasteiger partial charge in [0.1, 0.15) is 11.9 Å². The Morgan fingerprint density at radius 2 is 2.33 bits per heavy atom. The lowest BCUT2D eigenvalue weighted by molar-refractivity contribution is 0.0510. The number of benzene rings is 1. The second-order valence-corrected chi connectivity index (χ2v) is 5.75. The maximum atomic E-state index is 13.7. The molecule has 0 bridgehead atoms. The maximum Gasteiger partial charge on any atom is 0.141 e. The van der Waals surface area contributed by atoms with Gasteiger partial charge in [0.2, 0.25) is 0 Å². The highest BCUT2D eigenvalue weighted by atomic mass is 19.1. The lowest BCUT2D eigenvalue weighted by atomic mass is 9.97. The molecule has 2 fully saturated rings. The summed E-state index contributed by atoms with van der Waals surface area (Å²) < 4.78 is 19.7. The highest BCUT2D eigenvalue weighted by Gasteiger charge is 2.30. The molecule has 0 saturated carbocycles. The number of nitrogens with one attached hydrogen (secondary N) is 1. The zero-order chi connectivity index (χ0) is 14.8. The maximum absolute atomic E-state index is 13.7. The van der Waals surface area contributed by atoms with Crippen LogP contribution in [0.25, 0.3) is 0 Å². The van der Waals surface area contributed by atoms with Gasteiger partial charge in [-0.1, -0.05) is 6.07 Å². The SMILES string of the molecule is Cc1c(C2CN3CCNC[C@@H]3CCO2)ccc(F)c1C#N. The molecule has 0 aliphatic carbocycles. The molecule has 0 radical (unpaired) electrons. The van der Waals surface area contributed by atoms with Gasteiger partial charge in [0.15, 0.2) is 0 Å². The van der Waals surface area contributed by atoms with E-state index in [1.807, 2.05) is 6.07 Å².